The Kier molecular flexibility index (Phi) is 6.91. The molecule has 30 heavy (non-hydrogen) atoms. The van der Waals surface area contributed by atoms with Crippen molar-refractivity contribution in [3.63, 3.8) is 0 Å². The van der Waals surface area contributed by atoms with Crippen LogP contribution in [0.3, 0.4) is 0 Å². The number of aromatic nitrogens is 2. The zero-order valence-corrected chi connectivity index (χ0v) is 17.5. The lowest BCUT2D eigenvalue weighted by Gasteiger charge is -2.13. The molecule has 0 aliphatic carbocycles. The number of carbonyl (C=O) groups is 1. The van der Waals surface area contributed by atoms with E-state index in [4.69, 9.17) is 14.3 Å². The summed E-state index contributed by atoms with van der Waals surface area (Å²) in [5, 5.41) is 6.20. The molecule has 3 aromatic rings. The highest BCUT2D eigenvalue weighted by atomic mass is 79.9. The minimum atomic E-state index is -0.909. The zero-order valence-electron chi connectivity index (χ0n) is 15.9. The zero-order chi connectivity index (χ0) is 21.5. The molecule has 10 heteroatoms. The number of benzene rings is 2. The maximum absolute atomic E-state index is 15.0. The quantitative estimate of drug-likeness (QED) is 0.409. The van der Waals surface area contributed by atoms with Gasteiger partial charge in [0.25, 0.3) is 17.7 Å². The van der Waals surface area contributed by atoms with Gasteiger partial charge in [0.1, 0.15) is 24.9 Å². The second kappa shape index (κ2) is 9.79. The van der Waals surface area contributed by atoms with Gasteiger partial charge in [-0.05, 0) is 40.2 Å². The fraction of sp³-hybridized carbons (Fsp3) is 0.100. The Labute approximate surface area is 179 Å². The molecule has 0 unspecified atom stereocenters. The van der Waals surface area contributed by atoms with Gasteiger partial charge in [-0.3, -0.25) is 4.79 Å². The second-order valence-electron chi connectivity index (χ2n) is 5.63. The molecule has 0 fully saturated rings. The van der Waals surface area contributed by atoms with E-state index in [9.17, 15) is 9.18 Å². The molecule has 0 bridgehead atoms. The van der Waals surface area contributed by atoms with Crippen molar-refractivity contribution in [2.45, 2.75) is 0 Å². The third-order valence-corrected chi connectivity index (χ3v) is 4.40. The van der Waals surface area contributed by atoms with E-state index in [1.165, 1.54) is 14.2 Å². The van der Waals surface area contributed by atoms with Gasteiger partial charge in [-0.15, -0.1) is 0 Å². The summed E-state index contributed by atoms with van der Waals surface area (Å²) in [5.41, 5.74) is 0.236. The van der Waals surface area contributed by atoms with E-state index >= 15 is 0 Å². The van der Waals surface area contributed by atoms with Crippen LogP contribution in [0.1, 0.15) is 5.56 Å². The summed E-state index contributed by atoms with van der Waals surface area (Å²) in [4.78, 5) is 24.6. The first-order valence-electron chi connectivity index (χ1n) is 8.58. The molecule has 0 aliphatic rings. The van der Waals surface area contributed by atoms with E-state index in [1.54, 1.807) is 48.5 Å². The predicted octanol–water partition coefficient (Wildman–Crippen LogP) is 4.06. The number of hydrogen-bond donors (Lipinski definition) is 1. The van der Waals surface area contributed by atoms with Crippen LogP contribution in [-0.2, 0) is 9.63 Å². The molecule has 8 nitrogen and oxygen atoms in total. The summed E-state index contributed by atoms with van der Waals surface area (Å²) < 4.78 is 26.7. The molecule has 0 saturated carbocycles. The van der Waals surface area contributed by atoms with Crippen molar-refractivity contribution in [1.82, 2.24) is 15.3 Å². The van der Waals surface area contributed by atoms with Gasteiger partial charge in [-0.2, -0.15) is 14.4 Å². The van der Waals surface area contributed by atoms with Gasteiger partial charge in [0.15, 0.2) is 5.71 Å². The lowest BCUT2D eigenvalue weighted by Crippen LogP contribution is -2.28. The number of nitrogens with zero attached hydrogens (tertiary/aromatic N) is 3. The number of ether oxygens (including phenoxy) is 2. The average molecular weight is 475 g/mol. The monoisotopic (exact) mass is 474 g/mol. The van der Waals surface area contributed by atoms with Gasteiger partial charge in [-0.25, -0.2) is 0 Å². The summed E-state index contributed by atoms with van der Waals surface area (Å²) in [6.45, 7) is 0. The topological polar surface area (TPSA) is 94.9 Å². The van der Waals surface area contributed by atoms with Crippen molar-refractivity contribution in [3.8, 4) is 23.3 Å². The first-order chi connectivity index (χ1) is 14.5. The Bertz CT molecular complexity index is 1090. The van der Waals surface area contributed by atoms with Gasteiger partial charge in [0.05, 0.1) is 10.0 Å². The second-order valence-corrected chi connectivity index (χ2v) is 6.48. The van der Waals surface area contributed by atoms with E-state index in [0.29, 0.717) is 10.2 Å². The SMILES string of the molecule is CNC(=O)C(=NOC)c1ccccc1Oc1ncnc(Oc2ccccc2Br)c1F. The van der Waals surface area contributed by atoms with E-state index in [0.717, 1.165) is 6.33 Å². The molecule has 0 radical (unpaired) electrons. The van der Waals surface area contributed by atoms with Crippen molar-refractivity contribution < 1.29 is 23.5 Å². The van der Waals surface area contributed by atoms with Crippen molar-refractivity contribution in [2.24, 2.45) is 5.16 Å². The number of oxime groups is 1. The normalized spacial score (nSPS) is 11.0. The molecule has 0 aliphatic heterocycles. The molecular weight excluding hydrogens is 459 g/mol. The summed E-state index contributed by atoms with van der Waals surface area (Å²) in [6, 6.07) is 13.4. The number of halogens is 2. The summed E-state index contributed by atoms with van der Waals surface area (Å²) in [7, 11) is 2.76. The van der Waals surface area contributed by atoms with Crippen LogP contribution in [0.15, 0.2) is 64.5 Å². The van der Waals surface area contributed by atoms with Crippen molar-refractivity contribution >= 4 is 27.5 Å². The van der Waals surface area contributed by atoms with Crippen LogP contribution in [0.4, 0.5) is 4.39 Å². The highest BCUT2D eigenvalue weighted by Gasteiger charge is 2.21. The summed E-state index contributed by atoms with van der Waals surface area (Å²) >= 11 is 3.33. The molecule has 1 aromatic heterocycles. The molecule has 3 rings (SSSR count). The van der Waals surface area contributed by atoms with Gasteiger partial charge >= 0.3 is 0 Å². The van der Waals surface area contributed by atoms with Crippen LogP contribution in [0.5, 0.6) is 23.3 Å². The van der Waals surface area contributed by atoms with Crippen molar-refractivity contribution in [2.75, 3.05) is 14.2 Å². The summed E-state index contributed by atoms with van der Waals surface area (Å²) in [6.07, 6.45) is 1.11. The molecule has 1 amide bonds. The number of para-hydroxylation sites is 2. The van der Waals surface area contributed by atoms with Crippen LogP contribution in [0.2, 0.25) is 0 Å². The lowest BCUT2D eigenvalue weighted by atomic mass is 10.1. The molecule has 0 saturated heterocycles. The molecule has 1 heterocycles. The fourth-order valence-corrected chi connectivity index (χ4v) is 2.76. The average Bonchev–Trinajstić information content (AvgIpc) is 2.76. The van der Waals surface area contributed by atoms with Crippen LogP contribution in [0.25, 0.3) is 0 Å². The van der Waals surface area contributed by atoms with Crippen LogP contribution in [-0.4, -0.2) is 35.7 Å². The largest absolute Gasteiger partial charge is 0.436 e. The van der Waals surface area contributed by atoms with Crippen molar-refractivity contribution in [3.05, 3.63) is 70.7 Å². The molecular formula is C20H16BrFN4O4. The fourth-order valence-electron chi connectivity index (χ4n) is 2.39. The number of hydrogen-bond acceptors (Lipinski definition) is 7. The number of amides is 1. The molecule has 0 atom stereocenters. The third kappa shape index (κ3) is 4.71. The smallest absolute Gasteiger partial charge is 0.273 e. The number of likely N-dealkylation sites (N-methyl/N-ethyl adjacent to an activating group) is 1. The molecule has 2 aromatic carbocycles. The van der Waals surface area contributed by atoms with Gasteiger partial charge in [0, 0.05) is 7.05 Å². The van der Waals surface area contributed by atoms with Crippen LogP contribution in [0, 0.1) is 5.82 Å². The minimum absolute atomic E-state index is 0.0465. The van der Waals surface area contributed by atoms with E-state index in [2.05, 4.69) is 36.4 Å². The standard InChI is InChI=1S/C20H16BrFN4O4/c1-23-18(27)17(26-28-2)12-7-3-5-9-14(12)29-19-16(22)20(25-11-24-19)30-15-10-6-4-8-13(15)21/h3-11H,1-2H3,(H,23,27). The molecule has 154 valence electrons. The maximum Gasteiger partial charge on any atom is 0.273 e. The Morgan fingerprint density at radius 1 is 1.03 bits per heavy atom. The Morgan fingerprint density at radius 2 is 1.63 bits per heavy atom. The van der Waals surface area contributed by atoms with E-state index in [1.807, 2.05) is 0 Å². The number of rotatable bonds is 7. The molecule has 0 spiro atoms. The van der Waals surface area contributed by atoms with Gasteiger partial charge in [-0.1, -0.05) is 29.4 Å². The van der Waals surface area contributed by atoms with Gasteiger partial charge < -0.3 is 19.6 Å². The van der Waals surface area contributed by atoms with Gasteiger partial charge in [0.2, 0.25) is 5.82 Å². The first-order valence-corrected chi connectivity index (χ1v) is 9.37. The van der Waals surface area contributed by atoms with E-state index in [-0.39, 0.29) is 28.8 Å². The minimum Gasteiger partial charge on any atom is -0.436 e. The third-order valence-electron chi connectivity index (χ3n) is 3.74. The Balaban J connectivity index is 1.96. The lowest BCUT2D eigenvalue weighted by molar-refractivity contribution is -0.114. The first kappa shape index (κ1) is 21.2. The number of carbonyl (C=O) groups excluding carboxylic acids is 1. The summed E-state index contributed by atoms with van der Waals surface area (Å²) in [5.74, 6) is -1.60. The van der Waals surface area contributed by atoms with Crippen molar-refractivity contribution in [1.29, 1.82) is 0 Å². The highest BCUT2D eigenvalue weighted by Crippen LogP contribution is 2.33. The predicted molar refractivity (Wildman–Crippen MR) is 110 cm³/mol. The van der Waals surface area contributed by atoms with E-state index < -0.39 is 11.7 Å². The molecule has 1 N–H and O–H groups in total. The maximum atomic E-state index is 15.0. The van der Waals surface area contributed by atoms with Crippen LogP contribution < -0.4 is 14.8 Å². The Hall–Kier alpha value is -3.53. The highest BCUT2D eigenvalue weighted by molar-refractivity contribution is 9.10. The van der Waals surface area contributed by atoms with Crippen LogP contribution >= 0.6 is 15.9 Å². The number of nitrogens with one attached hydrogen (secondary N) is 1. The Morgan fingerprint density at radius 3 is 2.27 bits per heavy atom.